The van der Waals surface area contributed by atoms with E-state index in [-0.39, 0.29) is 5.91 Å². The molecule has 4 nitrogen and oxygen atoms in total. The van der Waals surface area contributed by atoms with Crippen LogP contribution in [-0.4, -0.2) is 38.3 Å². The third-order valence-electron chi connectivity index (χ3n) is 4.08. The van der Waals surface area contributed by atoms with E-state index >= 15 is 0 Å². The van der Waals surface area contributed by atoms with Gasteiger partial charge in [-0.05, 0) is 37.5 Å². The summed E-state index contributed by atoms with van der Waals surface area (Å²) >= 11 is 0. The zero-order valence-corrected chi connectivity index (χ0v) is 10.8. The van der Waals surface area contributed by atoms with E-state index in [1.54, 1.807) is 0 Å². The summed E-state index contributed by atoms with van der Waals surface area (Å²) in [6.45, 7) is 5.23. The van der Waals surface area contributed by atoms with Crippen LogP contribution in [-0.2, 0) is 9.53 Å². The topological polar surface area (TPSA) is 50.4 Å². The Morgan fingerprint density at radius 1 is 1.35 bits per heavy atom. The zero-order valence-electron chi connectivity index (χ0n) is 10.8. The van der Waals surface area contributed by atoms with Gasteiger partial charge in [0, 0.05) is 25.8 Å². The van der Waals surface area contributed by atoms with Crippen LogP contribution >= 0.6 is 0 Å². The van der Waals surface area contributed by atoms with Crippen LogP contribution in [0.5, 0.6) is 0 Å². The molecule has 0 aromatic heterocycles. The molecular formula is C13H24N2O2. The Labute approximate surface area is 103 Å². The molecule has 4 heteroatoms. The second kappa shape index (κ2) is 5.83. The molecule has 1 aliphatic heterocycles. The predicted octanol–water partition coefficient (Wildman–Crippen LogP) is 1.06. The average molecular weight is 240 g/mol. The second-order valence-corrected chi connectivity index (χ2v) is 5.41. The molecule has 0 bridgehead atoms. The van der Waals surface area contributed by atoms with E-state index in [0.29, 0.717) is 18.0 Å². The van der Waals surface area contributed by atoms with Crippen molar-refractivity contribution in [3.8, 4) is 0 Å². The molecule has 1 amide bonds. The van der Waals surface area contributed by atoms with Crippen LogP contribution in [0.2, 0.25) is 0 Å². The fourth-order valence-corrected chi connectivity index (χ4v) is 2.39. The lowest BCUT2D eigenvalue weighted by Gasteiger charge is -2.23. The van der Waals surface area contributed by atoms with Crippen LogP contribution in [0, 0.1) is 5.41 Å². The van der Waals surface area contributed by atoms with Gasteiger partial charge in [0.2, 0.25) is 5.91 Å². The van der Waals surface area contributed by atoms with Crippen molar-refractivity contribution in [2.45, 2.75) is 45.1 Å². The van der Waals surface area contributed by atoms with Crippen molar-refractivity contribution in [3.63, 3.8) is 0 Å². The molecule has 0 unspecified atom stereocenters. The Kier molecular flexibility index (Phi) is 4.40. The number of carbonyl (C=O) groups is 1. The van der Waals surface area contributed by atoms with E-state index in [0.717, 1.165) is 32.6 Å². The number of amides is 1. The quantitative estimate of drug-likeness (QED) is 0.730. The van der Waals surface area contributed by atoms with Crippen LogP contribution in [0.4, 0.5) is 0 Å². The maximum absolute atomic E-state index is 11.7. The van der Waals surface area contributed by atoms with Gasteiger partial charge < -0.3 is 15.4 Å². The molecule has 0 atom stereocenters. The molecule has 0 aromatic carbocycles. The summed E-state index contributed by atoms with van der Waals surface area (Å²) in [6, 6.07) is 0.319. The van der Waals surface area contributed by atoms with Crippen molar-refractivity contribution in [2.75, 3.05) is 26.3 Å². The van der Waals surface area contributed by atoms with Crippen LogP contribution < -0.4 is 10.6 Å². The largest absolute Gasteiger partial charge is 0.381 e. The molecule has 0 radical (unpaired) electrons. The summed E-state index contributed by atoms with van der Waals surface area (Å²) in [6.07, 6.45) is 5.76. The van der Waals surface area contributed by atoms with Gasteiger partial charge in [0.15, 0.2) is 0 Å². The minimum atomic E-state index is 0.129. The number of hydrogen-bond donors (Lipinski definition) is 2. The molecule has 17 heavy (non-hydrogen) atoms. The Morgan fingerprint density at radius 3 is 2.65 bits per heavy atom. The predicted molar refractivity (Wildman–Crippen MR) is 66.8 cm³/mol. The summed E-state index contributed by atoms with van der Waals surface area (Å²) in [5.41, 5.74) is 0.513. The van der Waals surface area contributed by atoms with E-state index in [2.05, 4.69) is 17.6 Å². The SMILES string of the molecule is CCC1(CNCC(=O)NC2CCOCC2)CC1. The highest BCUT2D eigenvalue weighted by Crippen LogP contribution is 2.47. The van der Waals surface area contributed by atoms with Gasteiger partial charge in [-0.2, -0.15) is 0 Å². The lowest BCUT2D eigenvalue weighted by atomic mass is 10.0. The third kappa shape index (κ3) is 3.96. The lowest BCUT2D eigenvalue weighted by molar-refractivity contribution is -0.121. The van der Waals surface area contributed by atoms with Gasteiger partial charge >= 0.3 is 0 Å². The van der Waals surface area contributed by atoms with E-state index in [9.17, 15) is 4.79 Å². The standard InChI is InChI=1S/C13H24N2O2/c1-2-13(5-6-13)10-14-9-12(16)15-11-3-7-17-8-4-11/h11,14H,2-10H2,1H3,(H,15,16). The summed E-state index contributed by atoms with van der Waals surface area (Å²) in [5, 5.41) is 6.35. The molecule has 1 saturated heterocycles. The van der Waals surface area contributed by atoms with Crippen molar-refractivity contribution < 1.29 is 9.53 Å². The highest BCUT2D eigenvalue weighted by atomic mass is 16.5. The first-order valence-corrected chi connectivity index (χ1v) is 6.82. The van der Waals surface area contributed by atoms with Gasteiger partial charge in [-0.3, -0.25) is 4.79 Å². The third-order valence-corrected chi connectivity index (χ3v) is 4.08. The molecule has 2 N–H and O–H groups in total. The average Bonchev–Trinajstić information content (AvgIpc) is 3.11. The first kappa shape index (κ1) is 12.8. The molecule has 2 aliphatic rings. The summed E-state index contributed by atoms with van der Waals surface area (Å²) < 4.78 is 5.26. The van der Waals surface area contributed by atoms with Crippen molar-refractivity contribution in [2.24, 2.45) is 5.41 Å². The summed E-state index contributed by atoms with van der Waals surface area (Å²) in [5.74, 6) is 0.129. The van der Waals surface area contributed by atoms with Crippen molar-refractivity contribution in [1.29, 1.82) is 0 Å². The molecule has 98 valence electrons. The summed E-state index contributed by atoms with van der Waals surface area (Å²) in [7, 11) is 0. The van der Waals surface area contributed by atoms with E-state index < -0.39 is 0 Å². The normalized spacial score (nSPS) is 23.4. The fourth-order valence-electron chi connectivity index (χ4n) is 2.39. The van der Waals surface area contributed by atoms with Gasteiger partial charge in [0.25, 0.3) is 0 Å². The number of ether oxygens (including phenoxy) is 1. The van der Waals surface area contributed by atoms with Gasteiger partial charge in [-0.25, -0.2) is 0 Å². The molecule has 0 spiro atoms. The van der Waals surface area contributed by atoms with Crippen molar-refractivity contribution >= 4 is 5.91 Å². The Bertz CT molecular complexity index is 258. The van der Waals surface area contributed by atoms with Gasteiger partial charge in [-0.1, -0.05) is 6.92 Å². The van der Waals surface area contributed by atoms with Crippen molar-refractivity contribution in [1.82, 2.24) is 10.6 Å². The number of rotatable bonds is 6. The fraction of sp³-hybridized carbons (Fsp3) is 0.923. The smallest absolute Gasteiger partial charge is 0.234 e. The minimum Gasteiger partial charge on any atom is -0.381 e. The molecule has 2 rings (SSSR count). The number of carbonyl (C=O) groups excluding carboxylic acids is 1. The number of nitrogens with one attached hydrogen (secondary N) is 2. The Morgan fingerprint density at radius 2 is 2.06 bits per heavy atom. The van der Waals surface area contributed by atoms with Crippen molar-refractivity contribution in [3.05, 3.63) is 0 Å². The van der Waals surface area contributed by atoms with E-state index in [4.69, 9.17) is 4.74 Å². The maximum atomic E-state index is 11.7. The molecule has 0 aromatic rings. The Hall–Kier alpha value is -0.610. The molecule has 2 fully saturated rings. The Balaban J connectivity index is 1.57. The zero-order chi connectivity index (χ0) is 12.1. The highest BCUT2D eigenvalue weighted by Gasteiger charge is 2.39. The first-order valence-electron chi connectivity index (χ1n) is 6.82. The monoisotopic (exact) mass is 240 g/mol. The molecule has 1 heterocycles. The first-order chi connectivity index (χ1) is 8.24. The van der Waals surface area contributed by atoms with Crippen LogP contribution in [0.3, 0.4) is 0 Å². The molecule has 1 saturated carbocycles. The van der Waals surface area contributed by atoms with Gasteiger partial charge in [-0.15, -0.1) is 0 Å². The van der Waals surface area contributed by atoms with Crippen LogP contribution in [0.1, 0.15) is 39.0 Å². The molecule has 1 aliphatic carbocycles. The van der Waals surface area contributed by atoms with Crippen LogP contribution in [0.25, 0.3) is 0 Å². The van der Waals surface area contributed by atoms with Gasteiger partial charge in [0.05, 0.1) is 6.54 Å². The second-order valence-electron chi connectivity index (χ2n) is 5.41. The van der Waals surface area contributed by atoms with E-state index in [1.807, 2.05) is 0 Å². The van der Waals surface area contributed by atoms with E-state index in [1.165, 1.54) is 19.3 Å². The summed E-state index contributed by atoms with van der Waals surface area (Å²) in [4.78, 5) is 11.7. The van der Waals surface area contributed by atoms with Gasteiger partial charge in [0.1, 0.15) is 0 Å². The number of hydrogen-bond acceptors (Lipinski definition) is 3. The molecular weight excluding hydrogens is 216 g/mol. The maximum Gasteiger partial charge on any atom is 0.234 e. The van der Waals surface area contributed by atoms with Crippen LogP contribution in [0.15, 0.2) is 0 Å². The lowest BCUT2D eigenvalue weighted by Crippen LogP contribution is -2.43. The minimum absolute atomic E-state index is 0.129. The highest BCUT2D eigenvalue weighted by molar-refractivity contribution is 5.78.